The minimum absolute atomic E-state index is 0.0411. The fourth-order valence-electron chi connectivity index (χ4n) is 2.97. The van der Waals surface area contributed by atoms with Crippen LogP contribution in [-0.2, 0) is 21.2 Å². The average Bonchev–Trinajstić information content (AvgIpc) is 2.83. The van der Waals surface area contributed by atoms with Crippen LogP contribution in [0.25, 0.3) is 0 Å². The van der Waals surface area contributed by atoms with Crippen molar-refractivity contribution in [1.29, 1.82) is 0 Å². The number of hydrogen-bond donors (Lipinski definition) is 1. The minimum atomic E-state index is -3.74. The molecule has 1 saturated heterocycles. The summed E-state index contributed by atoms with van der Waals surface area (Å²) in [5.41, 5.74) is 1.15. The van der Waals surface area contributed by atoms with E-state index >= 15 is 0 Å². The van der Waals surface area contributed by atoms with Crippen molar-refractivity contribution in [1.82, 2.24) is 5.32 Å². The summed E-state index contributed by atoms with van der Waals surface area (Å²) in [6.07, 6.45) is 0.514. The molecule has 2 aromatic carbocycles. The van der Waals surface area contributed by atoms with Crippen molar-refractivity contribution in [2.45, 2.75) is 13.3 Å². The smallest absolute Gasteiger partial charge is 0.252 e. The van der Waals surface area contributed by atoms with Gasteiger partial charge in [-0.15, -0.1) is 0 Å². The highest BCUT2D eigenvalue weighted by atomic mass is 35.5. The van der Waals surface area contributed by atoms with E-state index in [0.717, 1.165) is 9.87 Å². The number of sulfonamides is 1. The van der Waals surface area contributed by atoms with E-state index in [4.69, 9.17) is 11.6 Å². The van der Waals surface area contributed by atoms with Crippen LogP contribution < -0.4 is 9.62 Å². The van der Waals surface area contributed by atoms with Gasteiger partial charge in [0.2, 0.25) is 15.9 Å². The standard InChI is InChI=1S/C19H18ClFN2O4S/c1-12-11-28(26,27)23(19(12)25)15-6-7-16(17(20)10-15)18(24)22-9-8-13-2-4-14(21)5-3-13/h2-7,10,12H,8-9,11H2,1H3,(H,22,24). The molecular weight excluding hydrogens is 407 g/mol. The van der Waals surface area contributed by atoms with Gasteiger partial charge in [0.05, 0.1) is 27.9 Å². The Balaban J connectivity index is 1.69. The van der Waals surface area contributed by atoms with E-state index in [1.54, 1.807) is 19.1 Å². The molecule has 0 spiro atoms. The summed E-state index contributed by atoms with van der Waals surface area (Å²) >= 11 is 6.16. The van der Waals surface area contributed by atoms with Crippen molar-refractivity contribution in [3.05, 3.63) is 64.4 Å². The molecule has 2 amide bonds. The molecule has 1 aliphatic heterocycles. The normalized spacial score (nSPS) is 18.3. The number of anilines is 1. The molecule has 0 saturated carbocycles. The number of nitrogens with zero attached hydrogens (tertiary/aromatic N) is 1. The molecule has 1 unspecified atom stereocenters. The molecule has 0 aromatic heterocycles. The number of hydrogen-bond acceptors (Lipinski definition) is 4. The molecule has 0 aliphatic carbocycles. The Bertz CT molecular complexity index is 1020. The highest BCUT2D eigenvalue weighted by molar-refractivity contribution is 7.94. The van der Waals surface area contributed by atoms with Crippen molar-refractivity contribution in [3.8, 4) is 0 Å². The van der Waals surface area contributed by atoms with Gasteiger partial charge < -0.3 is 5.32 Å². The van der Waals surface area contributed by atoms with Gasteiger partial charge in [-0.2, -0.15) is 0 Å². The summed E-state index contributed by atoms with van der Waals surface area (Å²) in [6, 6.07) is 10.0. The Kier molecular flexibility index (Phi) is 5.71. The van der Waals surface area contributed by atoms with Crippen LogP contribution in [0, 0.1) is 11.7 Å². The van der Waals surface area contributed by atoms with Gasteiger partial charge in [-0.05, 0) is 42.3 Å². The summed E-state index contributed by atoms with van der Waals surface area (Å²) < 4.78 is 38.0. The minimum Gasteiger partial charge on any atom is -0.352 e. The highest BCUT2D eigenvalue weighted by Crippen LogP contribution is 2.31. The molecule has 1 atom stereocenters. The third kappa shape index (κ3) is 4.18. The maximum absolute atomic E-state index is 12.9. The van der Waals surface area contributed by atoms with Gasteiger partial charge in [0.15, 0.2) is 0 Å². The van der Waals surface area contributed by atoms with Gasteiger partial charge in [0.1, 0.15) is 5.82 Å². The van der Waals surface area contributed by atoms with Crippen molar-refractivity contribution in [2.24, 2.45) is 5.92 Å². The predicted molar refractivity (Wildman–Crippen MR) is 104 cm³/mol. The van der Waals surface area contributed by atoms with E-state index in [9.17, 15) is 22.4 Å². The lowest BCUT2D eigenvalue weighted by Crippen LogP contribution is -2.30. The number of halogens is 2. The predicted octanol–water partition coefficient (Wildman–Crippen LogP) is 2.76. The lowest BCUT2D eigenvalue weighted by molar-refractivity contribution is -0.119. The molecule has 148 valence electrons. The van der Waals surface area contributed by atoms with Crippen LogP contribution in [0.2, 0.25) is 5.02 Å². The fraction of sp³-hybridized carbons (Fsp3) is 0.263. The van der Waals surface area contributed by atoms with Crippen molar-refractivity contribution in [2.75, 3.05) is 16.6 Å². The zero-order valence-electron chi connectivity index (χ0n) is 15.0. The van der Waals surface area contributed by atoms with E-state index in [0.29, 0.717) is 13.0 Å². The van der Waals surface area contributed by atoms with E-state index in [1.165, 1.54) is 30.3 Å². The second-order valence-electron chi connectivity index (χ2n) is 6.58. The van der Waals surface area contributed by atoms with Crippen LogP contribution in [0.15, 0.2) is 42.5 Å². The van der Waals surface area contributed by atoms with Crippen LogP contribution in [0.4, 0.5) is 10.1 Å². The van der Waals surface area contributed by atoms with E-state index in [2.05, 4.69) is 5.32 Å². The first-order valence-electron chi connectivity index (χ1n) is 8.58. The molecule has 0 bridgehead atoms. The summed E-state index contributed by atoms with van der Waals surface area (Å²) in [7, 11) is -3.74. The molecular formula is C19H18ClFN2O4S. The van der Waals surface area contributed by atoms with Gasteiger partial charge in [-0.25, -0.2) is 17.1 Å². The fourth-order valence-corrected chi connectivity index (χ4v) is 5.04. The third-order valence-corrected chi connectivity index (χ3v) is 6.59. The molecule has 1 fully saturated rings. The molecule has 0 radical (unpaired) electrons. The number of nitrogens with one attached hydrogen (secondary N) is 1. The summed E-state index contributed by atoms with van der Waals surface area (Å²) in [4.78, 5) is 24.5. The first-order valence-corrected chi connectivity index (χ1v) is 10.6. The largest absolute Gasteiger partial charge is 0.352 e. The van der Waals surface area contributed by atoms with E-state index in [-0.39, 0.29) is 27.8 Å². The first kappa shape index (κ1) is 20.3. The van der Waals surface area contributed by atoms with Crippen LogP contribution >= 0.6 is 11.6 Å². The second kappa shape index (κ2) is 7.89. The number of rotatable bonds is 5. The lowest BCUT2D eigenvalue weighted by Gasteiger charge is -2.16. The van der Waals surface area contributed by atoms with Crippen molar-refractivity contribution in [3.63, 3.8) is 0 Å². The SMILES string of the molecule is CC1CS(=O)(=O)N(c2ccc(C(=O)NCCc3ccc(F)cc3)c(Cl)c2)C1=O. The summed E-state index contributed by atoms with van der Waals surface area (Å²) in [5.74, 6) is -2.16. The molecule has 28 heavy (non-hydrogen) atoms. The number of carbonyl (C=O) groups is 2. The third-order valence-electron chi connectivity index (χ3n) is 4.40. The maximum atomic E-state index is 12.9. The van der Waals surface area contributed by atoms with E-state index < -0.39 is 27.8 Å². The monoisotopic (exact) mass is 424 g/mol. The first-order chi connectivity index (χ1) is 13.2. The van der Waals surface area contributed by atoms with Gasteiger partial charge in [-0.1, -0.05) is 30.7 Å². The van der Waals surface area contributed by atoms with Crippen LogP contribution in [0.5, 0.6) is 0 Å². The second-order valence-corrected chi connectivity index (χ2v) is 8.85. The molecule has 3 rings (SSSR count). The summed E-state index contributed by atoms with van der Waals surface area (Å²) in [6.45, 7) is 1.86. The van der Waals surface area contributed by atoms with Gasteiger partial charge in [0.25, 0.3) is 5.91 Å². The Hall–Kier alpha value is -2.45. The van der Waals surface area contributed by atoms with Crippen LogP contribution in [0.1, 0.15) is 22.8 Å². The Morgan fingerprint density at radius 3 is 2.50 bits per heavy atom. The molecule has 1 aliphatic rings. The topological polar surface area (TPSA) is 83.6 Å². The Labute approximate surface area is 167 Å². The van der Waals surface area contributed by atoms with E-state index in [1.807, 2.05) is 0 Å². The molecule has 6 nitrogen and oxygen atoms in total. The highest BCUT2D eigenvalue weighted by Gasteiger charge is 2.42. The number of carbonyl (C=O) groups excluding carboxylic acids is 2. The average molecular weight is 425 g/mol. The van der Waals surface area contributed by atoms with Gasteiger partial charge >= 0.3 is 0 Å². The zero-order valence-corrected chi connectivity index (χ0v) is 16.6. The quantitative estimate of drug-likeness (QED) is 0.800. The molecule has 1 N–H and O–H groups in total. The number of benzene rings is 2. The van der Waals surface area contributed by atoms with Crippen molar-refractivity contribution >= 4 is 39.1 Å². The van der Waals surface area contributed by atoms with Gasteiger partial charge in [0, 0.05) is 6.54 Å². The molecule has 9 heteroatoms. The molecule has 1 heterocycles. The van der Waals surface area contributed by atoms with Crippen LogP contribution in [0.3, 0.4) is 0 Å². The van der Waals surface area contributed by atoms with Crippen molar-refractivity contribution < 1.29 is 22.4 Å². The maximum Gasteiger partial charge on any atom is 0.252 e. The number of amides is 2. The Morgan fingerprint density at radius 1 is 1.25 bits per heavy atom. The van der Waals surface area contributed by atoms with Gasteiger partial charge in [-0.3, -0.25) is 9.59 Å². The Morgan fingerprint density at radius 2 is 1.93 bits per heavy atom. The van der Waals surface area contributed by atoms with Crippen LogP contribution in [-0.4, -0.2) is 32.5 Å². The zero-order chi connectivity index (χ0) is 20.5. The molecule has 2 aromatic rings. The lowest BCUT2D eigenvalue weighted by atomic mass is 10.1. The summed E-state index contributed by atoms with van der Waals surface area (Å²) in [5, 5.41) is 2.75.